The van der Waals surface area contributed by atoms with Crippen molar-refractivity contribution in [3.8, 4) is 5.75 Å². The number of phenols is 1. The molecule has 1 aromatic carbocycles. The Balaban J connectivity index is 3.27. The lowest BCUT2D eigenvalue weighted by Crippen LogP contribution is -2.58. The van der Waals surface area contributed by atoms with Gasteiger partial charge in [-0.1, -0.05) is 46.2 Å². The number of carbonyl (C=O) groups excluding carboxylic acids is 3. The molecule has 0 aliphatic carbocycles. The maximum atomic E-state index is 13.3. The van der Waals surface area contributed by atoms with Gasteiger partial charge in [0.05, 0.1) is 0 Å². The Kier molecular flexibility index (Phi) is 10.8. The lowest BCUT2D eigenvalue weighted by molar-refractivity contribution is -0.146. The Labute approximate surface area is 195 Å². The lowest BCUT2D eigenvalue weighted by Gasteiger charge is -2.33. The van der Waals surface area contributed by atoms with Crippen molar-refractivity contribution in [3.63, 3.8) is 0 Å². The van der Waals surface area contributed by atoms with Crippen molar-refractivity contribution in [1.82, 2.24) is 15.5 Å². The van der Waals surface area contributed by atoms with Crippen molar-refractivity contribution in [1.29, 1.82) is 0 Å². The molecule has 4 N–H and O–H groups in total. The van der Waals surface area contributed by atoms with Crippen LogP contribution in [0.25, 0.3) is 0 Å². The molecule has 0 fully saturated rings. The van der Waals surface area contributed by atoms with Crippen LogP contribution in [-0.2, 0) is 25.6 Å². The highest BCUT2D eigenvalue weighted by molar-refractivity contribution is 5.93. The van der Waals surface area contributed by atoms with E-state index in [0.717, 1.165) is 0 Å². The van der Waals surface area contributed by atoms with Gasteiger partial charge in [0.2, 0.25) is 17.7 Å². The number of amides is 3. The summed E-state index contributed by atoms with van der Waals surface area (Å²) in [6, 6.07) is 3.29. The predicted molar refractivity (Wildman–Crippen MR) is 124 cm³/mol. The molecule has 0 saturated heterocycles. The topological polar surface area (TPSA) is 136 Å². The monoisotopic (exact) mass is 463 g/mol. The number of nitrogens with one attached hydrogen (secondary N) is 2. The summed E-state index contributed by atoms with van der Waals surface area (Å²) in [6.07, 6.45) is 0.983. The van der Waals surface area contributed by atoms with Gasteiger partial charge in [-0.05, 0) is 36.0 Å². The fourth-order valence-corrected chi connectivity index (χ4v) is 3.50. The van der Waals surface area contributed by atoms with E-state index in [1.54, 1.807) is 12.1 Å². The van der Waals surface area contributed by atoms with Crippen LogP contribution in [0.15, 0.2) is 24.3 Å². The number of carbonyl (C=O) groups is 4. The summed E-state index contributed by atoms with van der Waals surface area (Å²) in [4.78, 5) is 51.2. The minimum Gasteiger partial charge on any atom is -0.508 e. The number of hydrogen-bond donors (Lipinski definition) is 4. The Bertz CT molecular complexity index is 824. The molecule has 0 aliphatic heterocycles. The van der Waals surface area contributed by atoms with Crippen molar-refractivity contribution in [3.05, 3.63) is 29.8 Å². The molecule has 0 heterocycles. The normalized spacial score (nSPS) is 14.6. The summed E-state index contributed by atoms with van der Waals surface area (Å²) in [5, 5.41) is 24.3. The van der Waals surface area contributed by atoms with E-state index in [9.17, 15) is 29.4 Å². The Morgan fingerprint density at radius 1 is 1.03 bits per heavy atom. The molecule has 1 aromatic rings. The van der Waals surface area contributed by atoms with Crippen LogP contribution in [0, 0.1) is 11.8 Å². The zero-order valence-electron chi connectivity index (χ0n) is 20.3. The van der Waals surface area contributed by atoms with E-state index < -0.39 is 35.9 Å². The van der Waals surface area contributed by atoms with Crippen LogP contribution in [0.4, 0.5) is 0 Å². The first-order chi connectivity index (χ1) is 15.4. The minimum atomic E-state index is -1.15. The molecule has 9 heteroatoms. The number of likely N-dealkylation sites (N-methyl/N-ethyl adjacent to an activating group) is 1. The van der Waals surface area contributed by atoms with Crippen molar-refractivity contribution in [2.75, 3.05) is 7.05 Å². The number of aromatic hydroxyl groups is 1. The Morgan fingerprint density at radius 2 is 1.61 bits per heavy atom. The molecule has 0 spiro atoms. The van der Waals surface area contributed by atoms with Crippen LogP contribution < -0.4 is 10.6 Å². The summed E-state index contributed by atoms with van der Waals surface area (Å²) in [5.74, 6) is -2.61. The molecule has 0 radical (unpaired) electrons. The van der Waals surface area contributed by atoms with Gasteiger partial charge in [0.1, 0.15) is 23.9 Å². The lowest BCUT2D eigenvalue weighted by atomic mass is 9.96. The van der Waals surface area contributed by atoms with Gasteiger partial charge < -0.3 is 25.7 Å². The van der Waals surface area contributed by atoms with E-state index in [0.29, 0.717) is 12.0 Å². The highest BCUT2D eigenvalue weighted by Crippen LogP contribution is 2.17. The summed E-state index contributed by atoms with van der Waals surface area (Å²) >= 11 is 0. The highest BCUT2D eigenvalue weighted by Gasteiger charge is 2.35. The molecule has 3 amide bonds. The molecule has 0 unspecified atom stereocenters. The van der Waals surface area contributed by atoms with E-state index in [-0.39, 0.29) is 36.3 Å². The fourth-order valence-electron chi connectivity index (χ4n) is 3.50. The number of nitrogens with zero attached hydrogens (tertiary/aromatic N) is 1. The first kappa shape index (κ1) is 27.9. The van der Waals surface area contributed by atoms with Crippen molar-refractivity contribution in [2.24, 2.45) is 11.8 Å². The van der Waals surface area contributed by atoms with Crippen LogP contribution in [-0.4, -0.2) is 64.0 Å². The summed E-state index contributed by atoms with van der Waals surface area (Å²) in [7, 11) is 1.47. The zero-order chi connectivity index (χ0) is 25.3. The van der Waals surface area contributed by atoms with Gasteiger partial charge in [-0.2, -0.15) is 0 Å². The first-order valence-corrected chi connectivity index (χ1v) is 11.2. The van der Waals surface area contributed by atoms with Crippen molar-refractivity contribution in [2.45, 2.75) is 72.0 Å². The smallest absolute Gasteiger partial charge is 0.326 e. The van der Waals surface area contributed by atoms with Crippen molar-refractivity contribution >= 4 is 23.7 Å². The predicted octanol–water partition coefficient (Wildman–Crippen LogP) is 1.93. The van der Waals surface area contributed by atoms with Gasteiger partial charge in [-0.15, -0.1) is 0 Å². The second-order valence-corrected chi connectivity index (χ2v) is 8.93. The fraction of sp³-hybridized carbons (Fsp3) is 0.583. The summed E-state index contributed by atoms with van der Waals surface area (Å²) < 4.78 is 0. The van der Waals surface area contributed by atoms with Gasteiger partial charge in [-0.25, -0.2) is 4.79 Å². The molecule has 0 aromatic heterocycles. The quantitative estimate of drug-likeness (QED) is 0.374. The Hall–Kier alpha value is -3.10. The number of carboxylic acid groups (broad SMARTS) is 1. The maximum absolute atomic E-state index is 13.3. The van der Waals surface area contributed by atoms with Crippen LogP contribution >= 0.6 is 0 Å². The first-order valence-electron chi connectivity index (χ1n) is 11.2. The van der Waals surface area contributed by atoms with Crippen LogP contribution in [0.2, 0.25) is 0 Å². The summed E-state index contributed by atoms with van der Waals surface area (Å²) in [5.41, 5.74) is 0.683. The van der Waals surface area contributed by atoms with Crippen LogP contribution in [0.5, 0.6) is 5.75 Å². The van der Waals surface area contributed by atoms with Crippen LogP contribution in [0.1, 0.15) is 53.0 Å². The molecular formula is C24H37N3O6. The summed E-state index contributed by atoms with van der Waals surface area (Å²) in [6.45, 7) is 8.78. The highest BCUT2D eigenvalue weighted by atomic mass is 16.4. The van der Waals surface area contributed by atoms with E-state index in [1.807, 2.05) is 27.7 Å². The van der Waals surface area contributed by atoms with Gasteiger partial charge in [0.25, 0.3) is 0 Å². The van der Waals surface area contributed by atoms with E-state index in [2.05, 4.69) is 10.6 Å². The number of rotatable bonds is 12. The third-order valence-electron chi connectivity index (χ3n) is 5.64. The van der Waals surface area contributed by atoms with Gasteiger partial charge >= 0.3 is 5.97 Å². The second kappa shape index (κ2) is 12.8. The molecular weight excluding hydrogens is 426 g/mol. The standard InChI is InChI=1S/C24H37N3O6/c1-7-15(4)21(25-16(5)28)23(31)27(6)20(13-17-8-10-18(29)11-9-17)22(30)26-19(24(32)33)12-14(2)3/h8-11,14-15,19-21,29H,7,12-13H2,1-6H3,(H,25,28)(H,26,30)(H,32,33)/t15-,19+,20+,21+/m1/s1. The number of carboxylic acids is 1. The van der Waals surface area contributed by atoms with E-state index >= 15 is 0 Å². The number of hydrogen-bond acceptors (Lipinski definition) is 5. The molecule has 9 nitrogen and oxygen atoms in total. The molecule has 1 rings (SSSR count). The third-order valence-corrected chi connectivity index (χ3v) is 5.64. The molecule has 33 heavy (non-hydrogen) atoms. The van der Waals surface area contributed by atoms with E-state index in [1.165, 1.54) is 31.0 Å². The SMILES string of the molecule is CC[C@@H](C)[C@H](NC(C)=O)C(=O)N(C)[C@@H](Cc1ccc(O)cc1)C(=O)N[C@@H](CC(C)C)C(=O)O. The average Bonchev–Trinajstić information content (AvgIpc) is 2.74. The Morgan fingerprint density at radius 3 is 2.06 bits per heavy atom. The maximum Gasteiger partial charge on any atom is 0.326 e. The largest absolute Gasteiger partial charge is 0.508 e. The number of benzene rings is 1. The third kappa shape index (κ3) is 8.75. The van der Waals surface area contributed by atoms with Crippen molar-refractivity contribution < 1.29 is 29.4 Å². The zero-order valence-corrected chi connectivity index (χ0v) is 20.3. The number of phenolic OH excluding ortho intramolecular Hbond substituents is 1. The second-order valence-electron chi connectivity index (χ2n) is 8.93. The molecule has 0 aliphatic rings. The minimum absolute atomic E-state index is 0.0378. The molecule has 0 saturated carbocycles. The molecule has 0 bridgehead atoms. The van der Waals surface area contributed by atoms with E-state index in [4.69, 9.17) is 0 Å². The van der Waals surface area contributed by atoms with Gasteiger partial charge in [0, 0.05) is 20.4 Å². The van der Waals surface area contributed by atoms with Gasteiger partial charge in [-0.3, -0.25) is 14.4 Å². The average molecular weight is 464 g/mol. The molecule has 184 valence electrons. The van der Waals surface area contributed by atoms with Crippen LogP contribution in [0.3, 0.4) is 0 Å². The van der Waals surface area contributed by atoms with Gasteiger partial charge in [0.15, 0.2) is 0 Å². The molecule has 4 atom stereocenters. The number of aliphatic carboxylic acids is 1.